The second-order valence-corrected chi connectivity index (χ2v) is 6.43. The highest BCUT2D eigenvalue weighted by Crippen LogP contribution is 2.31. The van der Waals surface area contributed by atoms with Crippen LogP contribution in [-0.4, -0.2) is 30.3 Å². The summed E-state index contributed by atoms with van der Waals surface area (Å²) in [6, 6.07) is 3.73. The molecule has 0 bridgehead atoms. The van der Waals surface area contributed by atoms with Gasteiger partial charge in [0, 0.05) is 23.6 Å². The van der Waals surface area contributed by atoms with Gasteiger partial charge in [-0.15, -0.1) is 0 Å². The molecule has 2 aromatic rings. The highest BCUT2D eigenvalue weighted by atomic mass is 35.5. The Bertz CT molecular complexity index is 674. The Labute approximate surface area is 134 Å². The largest absolute Gasteiger partial charge is 0.495 e. The molecule has 22 heavy (non-hydrogen) atoms. The standard InChI is InChI=1S/C16H21ClN2O3/c1-16(2,3)22-15(20)18-6-5-10-9-19-13-8-12(17)14(21-4)7-11(10)13/h7-9,19H,5-6H2,1-4H3,(H,18,20). The lowest BCUT2D eigenvalue weighted by Crippen LogP contribution is -2.33. The van der Waals surface area contributed by atoms with Gasteiger partial charge in [-0.1, -0.05) is 11.6 Å². The molecule has 1 aromatic carbocycles. The molecule has 1 heterocycles. The molecule has 0 saturated carbocycles. The first-order chi connectivity index (χ1) is 10.3. The van der Waals surface area contributed by atoms with Crippen LogP contribution in [0, 0.1) is 0 Å². The third kappa shape index (κ3) is 4.07. The topological polar surface area (TPSA) is 63.4 Å². The number of hydrogen-bond acceptors (Lipinski definition) is 3. The van der Waals surface area contributed by atoms with E-state index in [0.29, 0.717) is 23.7 Å². The van der Waals surface area contributed by atoms with Crippen LogP contribution < -0.4 is 10.1 Å². The van der Waals surface area contributed by atoms with Gasteiger partial charge in [0.15, 0.2) is 0 Å². The number of alkyl carbamates (subject to hydrolysis) is 1. The number of carbonyl (C=O) groups excluding carboxylic acids is 1. The highest BCUT2D eigenvalue weighted by Gasteiger charge is 2.16. The fourth-order valence-electron chi connectivity index (χ4n) is 2.16. The number of ether oxygens (including phenoxy) is 2. The average Bonchev–Trinajstić information content (AvgIpc) is 2.78. The van der Waals surface area contributed by atoms with Crippen molar-refractivity contribution < 1.29 is 14.3 Å². The predicted molar refractivity (Wildman–Crippen MR) is 87.8 cm³/mol. The lowest BCUT2D eigenvalue weighted by molar-refractivity contribution is 0.0528. The van der Waals surface area contributed by atoms with E-state index < -0.39 is 11.7 Å². The summed E-state index contributed by atoms with van der Waals surface area (Å²) in [6.45, 7) is 6.00. The lowest BCUT2D eigenvalue weighted by atomic mass is 10.1. The summed E-state index contributed by atoms with van der Waals surface area (Å²) >= 11 is 6.10. The first kappa shape index (κ1) is 16.5. The summed E-state index contributed by atoms with van der Waals surface area (Å²) < 4.78 is 10.4. The number of fused-ring (bicyclic) bond motifs is 1. The zero-order chi connectivity index (χ0) is 16.3. The van der Waals surface area contributed by atoms with E-state index in [4.69, 9.17) is 21.1 Å². The molecule has 0 aliphatic rings. The van der Waals surface area contributed by atoms with Crippen molar-refractivity contribution in [1.82, 2.24) is 10.3 Å². The van der Waals surface area contributed by atoms with Crippen molar-refractivity contribution in [2.24, 2.45) is 0 Å². The van der Waals surface area contributed by atoms with Crippen LogP contribution in [0.1, 0.15) is 26.3 Å². The summed E-state index contributed by atoms with van der Waals surface area (Å²) in [6.07, 6.45) is 2.19. The Kier molecular flexibility index (Phi) is 4.86. The van der Waals surface area contributed by atoms with Crippen molar-refractivity contribution in [3.05, 3.63) is 28.9 Å². The number of aromatic amines is 1. The second kappa shape index (κ2) is 6.48. The summed E-state index contributed by atoms with van der Waals surface area (Å²) in [4.78, 5) is 14.8. The maximum Gasteiger partial charge on any atom is 0.407 e. The fourth-order valence-corrected chi connectivity index (χ4v) is 2.40. The Morgan fingerprint density at radius 3 is 2.73 bits per heavy atom. The number of halogens is 1. The molecule has 120 valence electrons. The normalized spacial score (nSPS) is 11.5. The fraction of sp³-hybridized carbons (Fsp3) is 0.438. The predicted octanol–water partition coefficient (Wildman–Crippen LogP) is 3.90. The molecule has 0 spiro atoms. The van der Waals surface area contributed by atoms with Gasteiger partial charge in [0.1, 0.15) is 11.4 Å². The smallest absolute Gasteiger partial charge is 0.407 e. The molecule has 0 aliphatic heterocycles. The minimum absolute atomic E-state index is 0.409. The number of nitrogens with one attached hydrogen (secondary N) is 2. The van der Waals surface area contributed by atoms with Crippen LogP contribution in [0.25, 0.3) is 10.9 Å². The van der Waals surface area contributed by atoms with Crippen LogP contribution in [0.5, 0.6) is 5.75 Å². The molecular weight excluding hydrogens is 304 g/mol. The monoisotopic (exact) mass is 324 g/mol. The molecule has 2 N–H and O–H groups in total. The van der Waals surface area contributed by atoms with Gasteiger partial charge in [-0.25, -0.2) is 4.79 Å². The SMILES string of the molecule is COc1cc2c(CCNC(=O)OC(C)(C)C)c[nH]c2cc1Cl. The van der Waals surface area contributed by atoms with Crippen LogP contribution in [-0.2, 0) is 11.2 Å². The number of benzene rings is 1. The molecule has 6 heteroatoms. The van der Waals surface area contributed by atoms with Gasteiger partial charge < -0.3 is 19.8 Å². The van der Waals surface area contributed by atoms with Crippen LogP contribution in [0.2, 0.25) is 5.02 Å². The highest BCUT2D eigenvalue weighted by molar-refractivity contribution is 6.32. The Balaban J connectivity index is 2.02. The van der Waals surface area contributed by atoms with E-state index >= 15 is 0 Å². The lowest BCUT2D eigenvalue weighted by Gasteiger charge is -2.19. The maximum absolute atomic E-state index is 11.6. The molecule has 0 fully saturated rings. The molecule has 2 rings (SSSR count). The molecule has 1 amide bonds. The molecule has 0 aliphatic carbocycles. The van der Waals surface area contributed by atoms with Gasteiger partial charge in [-0.3, -0.25) is 0 Å². The Hall–Kier alpha value is -1.88. The van der Waals surface area contributed by atoms with Gasteiger partial charge in [0.25, 0.3) is 0 Å². The number of methoxy groups -OCH3 is 1. The van der Waals surface area contributed by atoms with Gasteiger partial charge in [-0.05, 0) is 44.9 Å². The average molecular weight is 325 g/mol. The second-order valence-electron chi connectivity index (χ2n) is 6.02. The third-order valence-electron chi connectivity index (χ3n) is 3.10. The van der Waals surface area contributed by atoms with E-state index in [0.717, 1.165) is 16.5 Å². The van der Waals surface area contributed by atoms with E-state index in [1.807, 2.05) is 39.1 Å². The van der Waals surface area contributed by atoms with E-state index in [9.17, 15) is 4.79 Å². The number of aromatic nitrogens is 1. The summed E-state index contributed by atoms with van der Waals surface area (Å²) in [5.41, 5.74) is 1.54. The van der Waals surface area contributed by atoms with Crippen molar-refractivity contribution in [2.75, 3.05) is 13.7 Å². The summed E-state index contributed by atoms with van der Waals surface area (Å²) in [7, 11) is 1.59. The Morgan fingerprint density at radius 1 is 1.36 bits per heavy atom. The zero-order valence-corrected chi connectivity index (χ0v) is 14.0. The zero-order valence-electron chi connectivity index (χ0n) is 13.2. The minimum atomic E-state index is -0.491. The van der Waals surface area contributed by atoms with Crippen molar-refractivity contribution >= 4 is 28.6 Å². The number of H-pyrrole nitrogens is 1. The maximum atomic E-state index is 11.6. The third-order valence-corrected chi connectivity index (χ3v) is 3.40. The first-order valence-corrected chi connectivity index (χ1v) is 7.48. The van der Waals surface area contributed by atoms with Gasteiger partial charge in [-0.2, -0.15) is 0 Å². The van der Waals surface area contributed by atoms with Gasteiger partial charge in [0.2, 0.25) is 0 Å². The number of carbonyl (C=O) groups is 1. The van der Waals surface area contributed by atoms with Crippen molar-refractivity contribution in [1.29, 1.82) is 0 Å². The molecule has 0 radical (unpaired) electrons. The number of rotatable bonds is 4. The quantitative estimate of drug-likeness (QED) is 0.896. The number of amides is 1. The van der Waals surface area contributed by atoms with Crippen LogP contribution in [0.4, 0.5) is 4.79 Å². The summed E-state index contributed by atoms with van der Waals surface area (Å²) in [5, 5.41) is 4.35. The van der Waals surface area contributed by atoms with Crippen LogP contribution >= 0.6 is 11.6 Å². The van der Waals surface area contributed by atoms with Gasteiger partial charge in [0.05, 0.1) is 12.1 Å². The van der Waals surface area contributed by atoms with Crippen LogP contribution in [0.3, 0.4) is 0 Å². The van der Waals surface area contributed by atoms with Gasteiger partial charge >= 0.3 is 6.09 Å². The van der Waals surface area contributed by atoms with E-state index in [-0.39, 0.29) is 0 Å². The van der Waals surface area contributed by atoms with E-state index in [2.05, 4.69) is 10.3 Å². The van der Waals surface area contributed by atoms with Crippen molar-refractivity contribution in [2.45, 2.75) is 32.8 Å². The van der Waals surface area contributed by atoms with E-state index in [1.165, 1.54) is 0 Å². The molecule has 0 saturated heterocycles. The Morgan fingerprint density at radius 2 is 2.09 bits per heavy atom. The molecule has 0 atom stereocenters. The minimum Gasteiger partial charge on any atom is -0.495 e. The molecular formula is C16H21ClN2O3. The molecule has 0 unspecified atom stereocenters. The van der Waals surface area contributed by atoms with Crippen molar-refractivity contribution in [3.8, 4) is 5.75 Å². The van der Waals surface area contributed by atoms with E-state index in [1.54, 1.807) is 7.11 Å². The molecule has 5 nitrogen and oxygen atoms in total. The van der Waals surface area contributed by atoms with Crippen LogP contribution in [0.15, 0.2) is 18.3 Å². The summed E-state index contributed by atoms with van der Waals surface area (Å²) in [5.74, 6) is 0.634. The van der Waals surface area contributed by atoms with Crippen molar-refractivity contribution in [3.63, 3.8) is 0 Å². The molecule has 1 aromatic heterocycles. The number of hydrogen-bond donors (Lipinski definition) is 2. The first-order valence-electron chi connectivity index (χ1n) is 7.10.